The minimum atomic E-state index is -0.630. The SMILES string of the molecule is COC(=O)[C@H](N)Cc1ccc(OCCc2ccccc2)cc1.Cl. The fraction of sp³-hybridized carbons (Fsp3) is 0.278. The van der Waals surface area contributed by atoms with Crippen molar-refractivity contribution < 1.29 is 14.3 Å². The highest BCUT2D eigenvalue weighted by atomic mass is 35.5. The molecule has 0 saturated heterocycles. The van der Waals surface area contributed by atoms with E-state index in [1.807, 2.05) is 42.5 Å². The second kappa shape index (κ2) is 9.87. The third kappa shape index (κ3) is 6.30. The van der Waals surface area contributed by atoms with Gasteiger partial charge in [-0.15, -0.1) is 12.4 Å². The van der Waals surface area contributed by atoms with Crippen molar-refractivity contribution in [3.05, 3.63) is 65.7 Å². The molecule has 0 radical (unpaired) electrons. The van der Waals surface area contributed by atoms with Crippen LogP contribution in [0.15, 0.2) is 54.6 Å². The molecule has 0 aromatic heterocycles. The van der Waals surface area contributed by atoms with E-state index in [2.05, 4.69) is 16.9 Å². The number of carbonyl (C=O) groups excluding carboxylic acids is 1. The van der Waals surface area contributed by atoms with Gasteiger partial charge < -0.3 is 15.2 Å². The molecule has 5 heteroatoms. The van der Waals surface area contributed by atoms with E-state index >= 15 is 0 Å². The highest BCUT2D eigenvalue weighted by Gasteiger charge is 2.13. The summed E-state index contributed by atoms with van der Waals surface area (Å²) in [6.07, 6.45) is 1.33. The standard InChI is InChI=1S/C18H21NO3.ClH/c1-21-18(20)17(19)13-15-7-9-16(10-8-15)22-12-11-14-5-3-2-4-6-14;/h2-10,17H,11-13,19H2,1H3;1H/t17-;/m1./s1. The number of ether oxygens (including phenoxy) is 2. The van der Waals surface area contributed by atoms with Crippen molar-refractivity contribution >= 4 is 18.4 Å². The molecule has 23 heavy (non-hydrogen) atoms. The number of nitrogens with two attached hydrogens (primary N) is 1. The van der Waals surface area contributed by atoms with Crippen molar-refractivity contribution in [3.63, 3.8) is 0 Å². The Hall–Kier alpha value is -2.04. The lowest BCUT2D eigenvalue weighted by atomic mass is 10.1. The number of halogens is 1. The van der Waals surface area contributed by atoms with Gasteiger partial charge in [-0.05, 0) is 29.7 Å². The van der Waals surface area contributed by atoms with E-state index < -0.39 is 12.0 Å². The summed E-state index contributed by atoms with van der Waals surface area (Å²) in [5.74, 6) is 0.412. The Morgan fingerprint density at radius 2 is 1.70 bits per heavy atom. The number of hydrogen-bond donors (Lipinski definition) is 1. The van der Waals surface area contributed by atoms with Crippen LogP contribution >= 0.6 is 12.4 Å². The number of methoxy groups -OCH3 is 1. The lowest BCUT2D eigenvalue weighted by Gasteiger charge is -2.10. The van der Waals surface area contributed by atoms with Crippen molar-refractivity contribution in [2.24, 2.45) is 5.73 Å². The van der Waals surface area contributed by atoms with Crippen molar-refractivity contribution in [3.8, 4) is 5.75 Å². The van der Waals surface area contributed by atoms with Gasteiger partial charge in [0, 0.05) is 6.42 Å². The van der Waals surface area contributed by atoms with Crippen molar-refractivity contribution in [2.75, 3.05) is 13.7 Å². The number of benzene rings is 2. The molecule has 0 heterocycles. The summed E-state index contributed by atoms with van der Waals surface area (Å²) in [5, 5.41) is 0. The largest absolute Gasteiger partial charge is 0.493 e. The van der Waals surface area contributed by atoms with Crippen molar-refractivity contribution in [1.82, 2.24) is 0 Å². The Balaban J connectivity index is 0.00000264. The van der Waals surface area contributed by atoms with E-state index in [9.17, 15) is 4.79 Å². The van der Waals surface area contributed by atoms with Gasteiger partial charge in [-0.2, -0.15) is 0 Å². The maximum Gasteiger partial charge on any atom is 0.322 e. The Morgan fingerprint density at radius 3 is 2.30 bits per heavy atom. The van der Waals surface area contributed by atoms with E-state index in [1.54, 1.807) is 0 Å². The minimum absolute atomic E-state index is 0. The number of esters is 1. The summed E-state index contributed by atoms with van der Waals surface area (Å²) in [6.45, 7) is 0.630. The first-order valence-corrected chi connectivity index (χ1v) is 7.28. The highest BCUT2D eigenvalue weighted by molar-refractivity contribution is 5.85. The fourth-order valence-corrected chi connectivity index (χ4v) is 2.14. The van der Waals surface area contributed by atoms with Gasteiger partial charge in [-0.3, -0.25) is 4.79 Å². The molecule has 4 nitrogen and oxygen atoms in total. The van der Waals surface area contributed by atoms with Crippen LogP contribution < -0.4 is 10.5 Å². The summed E-state index contributed by atoms with van der Waals surface area (Å²) in [7, 11) is 1.34. The van der Waals surface area contributed by atoms with Gasteiger partial charge in [0.15, 0.2) is 0 Å². The molecule has 2 aromatic rings. The molecule has 0 aliphatic rings. The van der Waals surface area contributed by atoms with Gasteiger partial charge >= 0.3 is 5.97 Å². The average molecular weight is 336 g/mol. The molecule has 0 amide bonds. The Morgan fingerprint density at radius 1 is 1.04 bits per heavy atom. The van der Waals surface area contributed by atoms with E-state index in [0.29, 0.717) is 13.0 Å². The zero-order valence-electron chi connectivity index (χ0n) is 13.1. The third-order valence-electron chi connectivity index (χ3n) is 3.39. The van der Waals surface area contributed by atoms with Crippen LogP contribution in [-0.2, 0) is 22.4 Å². The molecule has 2 rings (SSSR count). The molecule has 0 aliphatic carbocycles. The minimum Gasteiger partial charge on any atom is -0.493 e. The molecule has 0 aliphatic heterocycles. The first-order chi connectivity index (χ1) is 10.7. The first kappa shape index (κ1) is 19.0. The second-order valence-corrected chi connectivity index (χ2v) is 5.06. The smallest absolute Gasteiger partial charge is 0.322 e. The predicted molar refractivity (Wildman–Crippen MR) is 93.0 cm³/mol. The summed E-state index contributed by atoms with van der Waals surface area (Å²) in [5.41, 5.74) is 7.97. The van der Waals surface area contributed by atoms with Gasteiger partial charge in [-0.1, -0.05) is 42.5 Å². The maximum atomic E-state index is 11.3. The average Bonchev–Trinajstić information content (AvgIpc) is 2.56. The van der Waals surface area contributed by atoms with E-state index in [1.165, 1.54) is 12.7 Å². The number of hydrogen-bond acceptors (Lipinski definition) is 4. The Labute approximate surface area is 143 Å². The summed E-state index contributed by atoms with van der Waals surface area (Å²) < 4.78 is 10.3. The molecule has 1 atom stereocenters. The molecule has 0 fully saturated rings. The van der Waals surface area contributed by atoms with Crippen LogP contribution in [0.2, 0.25) is 0 Å². The van der Waals surface area contributed by atoms with Gasteiger partial charge in [-0.25, -0.2) is 0 Å². The molecule has 2 N–H and O–H groups in total. The molecular formula is C18H22ClNO3. The summed E-state index contributed by atoms with van der Waals surface area (Å²) >= 11 is 0. The van der Waals surface area contributed by atoms with Gasteiger partial charge in [0.25, 0.3) is 0 Å². The zero-order chi connectivity index (χ0) is 15.8. The summed E-state index contributed by atoms with van der Waals surface area (Å²) in [4.78, 5) is 11.3. The quantitative estimate of drug-likeness (QED) is 0.790. The number of carbonyl (C=O) groups is 1. The fourth-order valence-electron chi connectivity index (χ4n) is 2.14. The summed E-state index contributed by atoms with van der Waals surface area (Å²) in [6, 6.07) is 17.2. The molecule has 0 unspecified atom stereocenters. The lowest BCUT2D eigenvalue weighted by molar-refractivity contribution is -0.142. The lowest BCUT2D eigenvalue weighted by Crippen LogP contribution is -2.33. The van der Waals surface area contributed by atoms with Crippen LogP contribution in [0, 0.1) is 0 Å². The van der Waals surface area contributed by atoms with Gasteiger partial charge in [0.2, 0.25) is 0 Å². The molecule has 0 bridgehead atoms. The molecular weight excluding hydrogens is 314 g/mol. The predicted octanol–water partition coefficient (Wildman–Crippen LogP) is 2.77. The molecule has 2 aromatic carbocycles. The van der Waals surface area contributed by atoms with Crippen LogP contribution in [0.3, 0.4) is 0 Å². The Kier molecular flexibility index (Phi) is 8.16. The van der Waals surface area contributed by atoms with Crippen LogP contribution in [0.1, 0.15) is 11.1 Å². The van der Waals surface area contributed by atoms with Crippen molar-refractivity contribution in [1.29, 1.82) is 0 Å². The first-order valence-electron chi connectivity index (χ1n) is 7.28. The number of rotatable bonds is 7. The van der Waals surface area contributed by atoms with Crippen LogP contribution in [-0.4, -0.2) is 25.7 Å². The van der Waals surface area contributed by atoms with Crippen LogP contribution in [0.25, 0.3) is 0 Å². The van der Waals surface area contributed by atoms with E-state index in [-0.39, 0.29) is 12.4 Å². The zero-order valence-corrected chi connectivity index (χ0v) is 13.9. The third-order valence-corrected chi connectivity index (χ3v) is 3.39. The highest BCUT2D eigenvalue weighted by Crippen LogP contribution is 2.14. The topological polar surface area (TPSA) is 61.5 Å². The molecule has 124 valence electrons. The van der Waals surface area contributed by atoms with Crippen molar-refractivity contribution in [2.45, 2.75) is 18.9 Å². The second-order valence-electron chi connectivity index (χ2n) is 5.06. The molecule has 0 saturated carbocycles. The van der Waals surface area contributed by atoms with Crippen LogP contribution in [0.5, 0.6) is 5.75 Å². The maximum absolute atomic E-state index is 11.3. The van der Waals surface area contributed by atoms with E-state index in [4.69, 9.17) is 10.5 Å². The van der Waals surface area contributed by atoms with Gasteiger partial charge in [0.1, 0.15) is 11.8 Å². The van der Waals surface area contributed by atoms with E-state index in [0.717, 1.165) is 17.7 Å². The monoisotopic (exact) mass is 335 g/mol. The Bertz CT molecular complexity index is 587. The van der Waals surface area contributed by atoms with Crippen LogP contribution in [0.4, 0.5) is 0 Å². The molecule has 0 spiro atoms. The van der Waals surface area contributed by atoms with Gasteiger partial charge in [0.05, 0.1) is 13.7 Å². The normalized spacial score (nSPS) is 11.2.